The molecule has 3 rings (SSSR count). The molecular formula is C25H28N2O6. The number of nitrogens with zero attached hydrogens (tertiary/aromatic N) is 1. The minimum atomic E-state index is -0.699. The Morgan fingerprint density at radius 3 is 2.45 bits per heavy atom. The number of amides is 2. The summed E-state index contributed by atoms with van der Waals surface area (Å²) in [4.78, 5) is 51.3. The molecule has 1 aliphatic heterocycles. The van der Waals surface area contributed by atoms with Crippen LogP contribution in [0.2, 0.25) is 0 Å². The SMILES string of the molecule is CC1Oc2ccccc2N(CCC(=O)Nc2ccccc2C(=O)OCC(=O)C(C)(C)C)C1=O. The minimum absolute atomic E-state index is 0.0126. The van der Waals surface area contributed by atoms with Crippen LogP contribution >= 0.6 is 0 Å². The monoisotopic (exact) mass is 452 g/mol. The van der Waals surface area contributed by atoms with Gasteiger partial charge in [0.1, 0.15) is 5.75 Å². The highest BCUT2D eigenvalue weighted by Crippen LogP contribution is 2.33. The first-order valence-corrected chi connectivity index (χ1v) is 10.7. The number of benzene rings is 2. The molecule has 8 heteroatoms. The summed E-state index contributed by atoms with van der Waals surface area (Å²) in [7, 11) is 0. The third-order valence-electron chi connectivity index (χ3n) is 5.23. The number of fused-ring (bicyclic) bond motifs is 1. The molecule has 2 aromatic carbocycles. The Morgan fingerprint density at radius 1 is 1.06 bits per heavy atom. The summed E-state index contributed by atoms with van der Waals surface area (Å²) >= 11 is 0. The molecule has 2 amide bonds. The van der Waals surface area contributed by atoms with E-state index in [4.69, 9.17) is 9.47 Å². The van der Waals surface area contributed by atoms with Gasteiger partial charge in [-0.15, -0.1) is 0 Å². The number of esters is 1. The van der Waals surface area contributed by atoms with Gasteiger partial charge in [-0.2, -0.15) is 0 Å². The molecule has 0 saturated heterocycles. The molecule has 0 spiro atoms. The molecule has 2 aromatic rings. The van der Waals surface area contributed by atoms with Crippen molar-refractivity contribution in [3.63, 3.8) is 0 Å². The van der Waals surface area contributed by atoms with Gasteiger partial charge in [0.2, 0.25) is 5.91 Å². The fourth-order valence-corrected chi connectivity index (χ4v) is 3.21. The average molecular weight is 453 g/mol. The van der Waals surface area contributed by atoms with Crippen LogP contribution in [0.15, 0.2) is 48.5 Å². The van der Waals surface area contributed by atoms with Crippen molar-refractivity contribution in [3.8, 4) is 5.75 Å². The van der Waals surface area contributed by atoms with E-state index in [2.05, 4.69) is 5.32 Å². The fraction of sp³-hybridized carbons (Fsp3) is 0.360. The summed E-state index contributed by atoms with van der Waals surface area (Å²) in [6.07, 6.45) is -0.632. The molecule has 0 bridgehead atoms. The number of ketones is 1. The number of rotatable bonds is 7. The zero-order valence-electron chi connectivity index (χ0n) is 19.2. The van der Waals surface area contributed by atoms with E-state index in [1.165, 1.54) is 11.0 Å². The van der Waals surface area contributed by atoms with E-state index in [9.17, 15) is 19.2 Å². The van der Waals surface area contributed by atoms with Crippen LogP contribution in [0.3, 0.4) is 0 Å². The maximum atomic E-state index is 12.6. The van der Waals surface area contributed by atoms with E-state index >= 15 is 0 Å². The summed E-state index contributed by atoms with van der Waals surface area (Å²) in [6, 6.07) is 13.6. The number of carbonyl (C=O) groups excluding carboxylic acids is 4. The van der Waals surface area contributed by atoms with Gasteiger partial charge in [0.25, 0.3) is 5.91 Å². The molecule has 33 heavy (non-hydrogen) atoms. The quantitative estimate of drug-likeness (QED) is 0.644. The fourth-order valence-electron chi connectivity index (χ4n) is 3.21. The van der Waals surface area contributed by atoms with Gasteiger partial charge < -0.3 is 19.7 Å². The van der Waals surface area contributed by atoms with E-state index in [0.29, 0.717) is 11.4 Å². The van der Waals surface area contributed by atoms with Crippen molar-refractivity contribution in [3.05, 3.63) is 54.1 Å². The standard InChI is InChI=1S/C25H28N2O6/c1-16-23(30)27(19-11-7-8-12-20(19)33-16)14-13-22(29)26-18-10-6-5-9-17(18)24(31)32-15-21(28)25(2,3)4/h5-12,16H,13-15H2,1-4H3,(H,26,29). The van der Waals surface area contributed by atoms with Crippen molar-refractivity contribution < 1.29 is 28.7 Å². The number of Topliss-reactive ketones (excluding diaryl/α,β-unsaturated/α-hetero) is 1. The van der Waals surface area contributed by atoms with Crippen molar-refractivity contribution in [2.24, 2.45) is 5.41 Å². The molecule has 1 heterocycles. The van der Waals surface area contributed by atoms with E-state index in [1.807, 2.05) is 6.07 Å². The lowest BCUT2D eigenvalue weighted by Crippen LogP contribution is -2.45. The van der Waals surface area contributed by atoms with Crippen LogP contribution < -0.4 is 15.0 Å². The maximum absolute atomic E-state index is 12.6. The molecule has 8 nitrogen and oxygen atoms in total. The molecule has 0 radical (unpaired) electrons. The Bertz CT molecular complexity index is 1070. The van der Waals surface area contributed by atoms with Crippen LogP contribution in [-0.2, 0) is 19.1 Å². The zero-order valence-corrected chi connectivity index (χ0v) is 19.2. The zero-order chi connectivity index (χ0) is 24.2. The highest BCUT2D eigenvalue weighted by atomic mass is 16.5. The normalized spacial score (nSPS) is 15.3. The van der Waals surface area contributed by atoms with Crippen molar-refractivity contribution in [1.82, 2.24) is 0 Å². The lowest BCUT2D eigenvalue weighted by atomic mass is 9.91. The van der Waals surface area contributed by atoms with Gasteiger partial charge in [0.05, 0.1) is 16.9 Å². The Balaban J connectivity index is 1.64. The van der Waals surface area contributed by atoms with Gasteiger partial charge >= 0.3 is 5.97 Å². The van der Waals surface area contributed by atoms with Gasteiger partial charge in [-0.05, 0) is 31.2 Å². The predicted octanol–water partition coefficient (Wildman–Crippen LogP) is 3.60. The smallest absolute Gasteiger partial charge is 0.340 e. The average Bonchev–Trinajstić information content (AvgIpc) is 2.77. The molecule has 0 fully saturated rings. The second-order valence-electron chi connectivity index (χ2n) is 8.81. The lowest BCUT2D eigenvalue weighted by Gasteiger charge is -2.32. The Labute approximate surface area is 192 Å². The van der Waals surface area contributed by atoms with Gasteiger partial charge in [-0.1, -0.05) is 45.0 Å². The van der Waals surface area contributed by atoms with E-state index in [-0.39, 0.29) is 48.4 Å². The lowest BCUT2D eigenvalue weighted by molar-refractivity contribution is -0.129. The molecular weight excluding hydrogens is 424 g/mol. The number of hydrogen-bond donors (Lipinski definition) is 1. The third-order valence-corrected chi connectivity index (χ3v) is 5.23. The Kier molecular flexibility index (Phi) is 7.16. The number of nitrogens with one attached hydrogen (secondary N) is 1. The summed E-state index contributed by atoms with van der Waals surface area (Å²) in [5, 5.41) is 2.70. The number of ether oxygens (including phenoxy) is 2. The van der Waals surface area contributed by atoms with Crippen LogP contribution in [0.1, 0.15) is 44.5 Å². The second kappa shape index (κ2) is 9.85. The summed E-state index contributed by atoms with van der Waals surface area (Å²) in [5.41, 5.74) is 0.411. The number of carbonyl (C=O) groups is 4. The maximum Gasteiger partial charge on any atom is 0.340 e. The molecule has 1 N–H and O–H groups in total. The molecule has 1 atom stereocenters. The Morgan fingerprint density at radius 2 is 1.73 bits per heavy atom. The van der Waals surface area contributed by atoms with E-state index in [0.717, 1.165) is 0 Å². The van der Waals surface area contributed by atoms with Gasteiger partial charge in [0.15, 0.2) is 18.5 Å². The summed E-state index contributed by atoms with van der Waals surface area (Å²) in [5.74, 6) is -0.918. The highest BCUT2D eigenvalue weighted by molar-refractivity contribution is 6.03. The van der Waals surface area contributed by atoms with Crippen molar-refractivity contribution >= 4 is 34.9 Å². The molecule has 174 valence electrons. The molecule has 0 aromatic heterocycles. The Hall–Kier alpha value is -3.68. The first kappa shape index (κ1) is 24.0. The van der Waals surface area contributed by atoms with Crippen molar-refractivity contribution in [1.29, 1.82) is 0 Å². The highest BCUT2D eigenvalue weighted by Gasteiger charge is 2.31. The molecule has 0 aliphatic carbocycles. The molecule has 1 aliphatic rings. The van der Waals surface area contributed by atoms with Crippen LogP contribution in [-0.4, -0.2) is 42.8 Å². The van der Waals surface area contributed by atoms with Crippen LogP contribution in [0.25, 0.3) is 0 Å². The number of hydrogen-bond acceptors (Lipinski definition) is 6. The number of para-hydroxylation sites is 3. The topological polar surface area (TPSA) is 102 Å². The summed E-state index contributed by atoms with van der Waals surface area (Å²) in [6.45, 7) is 6.71. The van der Waals surface area contributed by atoms with Crippen LogP contribution in [0.5, 0.6) is 5.75 Å². The molecule has 0 saturated carbocycles. The van der Waals surface area contributed by atoms with Crippen LogP contribution in [0, 0.1) is 5.41 Å². The van der Waals surface area contributed by atoms with Crippen LogP contribution in [0.4, 0.5) is 11.4 Å². The third kappa shape index (κ3) is 5.77. The predicted molar refractivity (Wildman–Crippen MR) is 123 cm³/mol. The van der Waals surface area contributed by atoms with Gasteiger partial charge in [0, 0.05) is 18.4 Å². The van der Waals surface area contributed by atoms with Gasteiger partial charge in [-0.3, -0.25) is 14.4 Å². The van der Waals surface area contributed by atoms with E-state index in [1.54, 1.807) is 64.1 Å². The minimum Gasteiger partial charge on any atom is -0.479 e. The summed E-state index contributed by atoms with van der Waals surface area (Å²) < 4.78 is 10.8. The van der Waals surface area contributed by atoms with Crippen molar-refractivity contribution in [2.45, 2.75) is 40.2 Å². The van der Waals surface area contributed by atoms with E-state index < -0.39 is 17.5 Å². The largest absolute Gasteiger partial charge is 0.479 e. The van der Waals surface area contributed by atoms with Gasteiger partial charge in [-0.25, -0.2) is 4.79 Å². The first-order chi connectivity index (χ1) is 15.6. The first-order valence-electron chi connectivity index (χ1n) is 10.7. The second-order valence-corrected chi connectivity index (χ2v) is 8.81. The molecule has 1 unspecified atom stereocenters. The number of anilines is 2. The van der Waals surface area contributed by atoms with Crippen molar-refractivity contribution in [2.75, 3.05) is 23.4 Å².